The number of nitrogens with one attached hydrogen (secondary N) is 1. The second kappa shape index (κ2) is 5.67. The predicted molar refractivity (Wildman–Crippen MR) is 75.4 cm³/mol. The normalized spacial score (nSPS) is 12.2. The van der Waals surface area contributed by atoms with Gasteiger partial charge in [-0.25, -0.2) is 9.37 Å². The van der Waals surface area contributed by atoms with Gasteiger partial charge in [-0.05, 0) is 52.7 Å². The summed E-state index contributed by atoms with van der Waals surface area (Å²) in [6, 6.07) is 10.3. The molecule has 1 N–H and O–H groups in total. The Morgan fingerprint density at radius 2 is 2.11 bits per heavy atom. The summed E-state index contributed by atoms with van der Waals surface area (Å²) in [5.41, 5.74) is 0.963. The van der Waals surface area contributed by atoms with E-state index in [0.29, 0.717) is 15.4 Å². The lowest BCUT2D eigenvalue weighted by Crippen LogP contribution is -2.08. The summed E-state index contributed by atoms with van der Waals surface area (Å²) >= 11 is 8.98. The molecule has 0 spiro atoms. The van der Waals surface area contributed by atoms with Crippen LogP contribution in [-0.4, -0.2) is 4.98 Å². The maximum absolute atomic E-state index is 13.1. The van der Waals surface area contributed by atoms with Crippen molar-refractivity contribution in [3.63, 3.8) is 0 Å². The average molecular weight is 330 g/mol. The number of pyridine rings is 1. The molecule has 94 valence electrons. The van der Waals surface area contributed by atoms with Gasteiger partial charge in [-0.2, -0.15) is 0 Å². The van der Waals surface area contributed by atoms with Gasteiger partial charge in [0, 0.05) is 6.04 Å². The highest BCUT2D eigenvalue weighted by molar-refractivity contribution is 9.10. The highest BCUT2D eigenvalue weighted by Gasteiger charge is 2.08. The zero-order valence-electron chi connectivity index (χ0n) is 9.62. The van der Waals surface area contributed by atoms with Crippen molar-refractivity contribution in [2.24, 2.45) is 0 Å². The van der Waals surface area contributed by atoms with E-state index in [1.807, 2.05) is 19.1 Å². The number of nitrogens with zero attached hydrogens (tertiary/aromatic N) is 1. The second-order valence-corrected chi connectivity index (χ2v) is 5.13. The zero-order valence-corrected chi connectivity index (χ0v) is 12.0. The van der Waals surface area contributed by atoms with Crippen molar-refractivity contribution in [3.05, 3.63) is 57.4 Å². The van der Waals surface area contributed by atoms with Crippen molar-refractivity contribution in [3.8, 4) is 0 Å². The van der Waals surface area contributed by atoms with Crippen molar-refractivity contribution in [1.82, 2.24) is 4.98 Å². The van der Waals surface area contributed by atoms with Crippen molar-refractivity contribution in [2.75, 3.05) is 5.32 Å². The van der Waals surface area contributed by atoms with Gasteiger partial charge in [0.2, 0.25) is 0 Å². The SMILES string of the molecule is CC(Nc1cccc(Cl)n1)c1ccc(F)c(Br)c1. The van der Waals surface area contributed by atoms with E-state index < -0.39 is 0 Å². The Morgan fingerprint density at radius 1 is 1.33 bits per heavy atom. The number of hydrogen-bond donors (Lipinski definition) is 1. The average Bonchev–Trinajstić information content (AvgIpc) is 2.32. The summed E-state index contributed by atoms with van der Waals surface area (Å²) in [7, 11) is 0. The summed E-state index contributed by atoms with van der Waals surface area (Å²) in [6.07, 6.45) is 0. The van der Waals surface area contributed by atoms with E-state index in [0.717, 1.165) is 5.56 Å². The third-order valence-electron chi connectivity index (χ3n) is 2.52. The van der Waals surface area contributed by atoms with Gasteiger partial charge >= 0.3 is 0 Å². The van der Waals surface area contributed by atoms with Gasteiger partial charge < -0.3 is 5.32 Å². The molecule has 2 nitrogen and oxygen atoms in total. The number of anilines is 1. The van der Waals surface area contributed by atoms with Crippen molar-refractivity contribution in [2.45, 2.75) is 13.0 Å². The first kappa shape index (κ1) is 13.3. The molecule has 0 radical (unpaired) electrons. The first-order valence-corrected chi connectivity index (χ1v) is 6.57. The van der Waals surface area contributed by atoms with Crippen molar-refractivity contribution < 1.29 is 4.39 Å². The molecule has 1 aromatic heterocycles. The molecule has 0 saturated carbocycles. The summed E-state index contributed by atoms with van der Waals surface area (Å²) in [6.45, 7) is 1.97. The van der Waals surface area contributed by atoms with Crippen LogP contribution in [0, 0.1) is 5.82 Å². The Bertz CT molecular complexity index is 562. The number of aromatic nitrogens is 1. The van der Waals surface area contributed by atoms with E-state index in [2.05, 4.69) is 26.2 Å². The fourth-order valence-electron chi connectivity index (χ4n) is 1.58. The van der Waals surface area contributed by atoms with Crippen LogP contribution in [0.5, 0.6) is 0 Å². The minimum Gasteiger partial charge on any atom is -0.364 e. The van der Waals surface area contributed by atoms with E-state index in [1.165, 1.54) is 6.07 Å². The molecule has 0 fully saturated rings. The van der Waals surface area contributed by atoms with Gasteiger partial charge in [-0.1, -0.05) is 23.7 Å². The quantitative estimate of drug-likeness (QED) is 0.817. The summed E-state index contributed by atoms with van der Waals surface area (Å²) < 4.78 is 13.6. The lowest BCUT2D eigenvalue weighted by atomic mass is 10.1. The molecule has 1 unspecified atom stereocenters. The molecule has 2 rings (SSSR count). The monoisotopic (exact) mass is 328 g/mol. The van der Waals surface area contributed by atoms with E-state index >= 15 is 0 Å². The predicted octanol–water partition coefficient (Wildman–Crippen LogP) is 4.81. The Balaban J connectivity index is 2.16. The Hall–Kier alpha value is -1.13. The zero-order chi connectivity index (χ0) is 13.1. The van der Waals surface area contributed by atoms with Crippen LogP contribution < -0.4 is 5.32 Å². The molecule has 1 atom stereocenters. The molecule has 0 aliphatic carbocycles. The fraction of sp³-hybridized carbons (Fsp3) is 0.154. The van der Waals surface area contributed by atoms with Crippen LogP contribution in [0.4, 0.5) is 10.2 Å². The molecule has 2 aromatic rings. The summed E-state index contributed by atoms with van der Waals surface area (Å²) in [4.78, 5) is 4.15. The summed E-state index contributed by atoms with van der Waals surface area (Å²) in [5, 5.41) is 3.64. The first-order chi connectivity index (χ1) is 8.56. The molecule has 18 heavy (non-hydrogen) atoms. The molecular weight excluding hydrogens is 319 g/mol. The van der Waals surface area contributed by atoms with Gasteiger partial charge in [0.05, 0.1) is 4.47 Å². The maximum Gasteiger partial charge on any atom is 0.137 e. The molecule has 5 heteroatoms. The molecule has 1 aromatic carbocycles. The fourth-order valence-corrected chi connectivity index (χ4v) is 2.14. The standard InChI is InChI=1S/C13H11BrClFN2/c1-8(9-5-6-11(16)10(14)7-9)17-13-4-2-3-12(15)18-13/h2-8H,1H3,(H,17,18). The van der Waals surface area contributed by atoms with Gasteiger partial charge in [0.25, 0.3) is 0 Å². The van der Waals surface area contributed by atoms with E-state index in [4.69, 9.17) is 11.6 Å². The molecular formula is C13H11BrClFN2. The Kier molecular flexibility index (Phi) is 4.19. The molecule has 1 heterocycles. The lowest BCUT2D eigenvalue weighted by Gasteiger charge is -2.15. The number of halogens is 3. The van der Waals surface area contributed by atoms with Crippen LogP contribution in [0.15, 0.2) is 40.9 Å². The van der Waals surface area contributed by atoms with Crippen LogP contribution >= 0.6 is 27.5 Å². The van der Waals surface area contributed by atoms with Crippen LogP contribution in [0.2, 0.25) is 5.15 Å². The highest BCUT2D eigenvalue weighted by atomic mass is 79.9. The Morgan fingerprint density at radius 3 is 2.78 bits per heavy atom. The third-order valence-corrected chi connectivity index (χ3v) is 3.34. The number of rotatable bonds is 3. The molecule has 0 aliphatic rings. The van der Waals surface area contributed by atoms with E-state index in [9.17, 15) is 4.39 Å². The number of benzene rings is 1. The van der Waals surface area contributed by atoms with Crippen LogP contribution in [0.1, 0.15) is 18.5 Å². The van der Waals surface area contributed by atoms with Crippen LogP contribution in [0.25, 0.3) is 0 Å². The van der Waals surface area contributed by atoms with Crippen LogP contribution in [-0.2, 0) is 0 Å². The first-order valence-electron chi connectivity index (χ1n) is 5.40. The van der Waals surface area contributed by atoms with Gasteiger partial charge in [0.1, 0.15) is 16.8 Å². The topological polar surface area (TPSA) is 24.9 Å². The van der Waals surface area contributed by atoms with E-state index in [1.54, 1.807) is 18.2 Å². The smallest absolute Gasteiger partial charge is 0.137 e. The highest BCUT2D eigenvalue weighted by Crippen LogP contribution is 2.23. The van der Waals surface area contributed by atoms with Gasteiger partial charge in [-0.15, -0.1) is 0 Å². The molecule has 0 aliphatic heterocycles. The van der Waals surface area contributed by atoms with Crippen molar-refractivity contribution in [1.29, 1.82) is 0 Å². The molecule has 0 amide bonds. The summed E-state index contributed by atoms with van der Waals surface area (Å²) in [5.74, 6) is 0.419. The second-order valence-electron chi connectivity index (χ2n) is 3.89. The minimum absolute atomic E-state index is 0.00728. The molecule has 0 bridgehead atoms. The lowest BCUT2D eigenvalue weighted by molar-refractivity contribution is 0.619. The number of hydrogen-bond acceptors (Lipinski definition) is 2. The maximum atomic E-state index is 13.1. The van der Waals surface area contributed by atoms with E-state index in [-0.39, 0.29) is 11.9 Å². The molecule has 0 saturated heterocycles. The largest absolute Gasteiger partial charge is 0.364 e. The third kappa shape index (κ3) is 3.21. The van der Waals surface area contributed by atoms with Crippen molar-refractivity contribution >= 4 is 33.3 Å². The minimum atomic E-state index is -0.271. The van der Waals surface area contributed by atoms with Crippen LogP contribution in [0.3, 0.4) is 0 Å². The van der Waals surface area contributed by atoms with Gasteiger partial charge in [-0.3, -0.25) is 0 Å². The van der Waals surface area contributed by atoms with Gasteiger partial charge in [0.15, 0.2) is 0 Å². The Labute approximate surface area is 118 Å².